The first-order valence-electron chi connectivity index (χ1n) is 3.96. The number of methoxy groups -OCH3 is 1. The highest BCUT2D eigenvalue weighted by atomic mass is 35.5. The monoisotopic (exact) mass is 219 g/mol. The molecule has 0 saturated carbocycles. The summed E-state index contributed by atoms with van der Waals surface area (Å²) in [7, 11) is 1.49. The summed E-state index contributed by atoms with van der Waals surface area (Å²) < 4.78 is 18.4. The Morgan fingerprint density at radius 2 is 1.93 bits per heavy atom. The van der Waals surface area contributed by atoms with Crippen molar-refractivity contribution in [3.63, 3.8) is 0 Å². The van der Waals surface area contributed by atoms with Crippen LogP contribution in [0.4, 0.5) is 4.39 Å². The zero-order chi connectivity index (χ0) is 10.6. The van der Waals surface area contributed by atoms with Gasteiger partial charge in [0.25, 0.3) is 0 Å². The van der Waals surface area contributed by atoms with Crippen molar-refractivity contribution in [2.45, 2.75) is 13.2 Å². The highest BCUT2D eigenvalue weighted by Gasteiger charge is 2.09. The molecule has 0 radical (unpaired) electrons. The second-order valence-electron chi connectivity index (χ2n) is 2.78. The molecule has 3 nitrogen and oxygen atoms in total. The molecule has 2 N–H and O–H groups in total. The van der Waals surface area contributed by atoms with Crippen molar-refractivity contribution < 1.29 is 14.0 Å². The van der Waals surface area contributed by atoms with Gasteiger partial charge in [-0.25, -0.2) is 10.3 Å². The minimum Gasteiger partial charge on any atom is -0.380 e. The number of ether oxygens (including phenoxy) is 1. The van der Waals surface area contributed by atoms with Crippen molar-refractivity contribution in [2.75, 3.05) is 7.11 Å². The Bertz CT molecular complexity index is 293. The Morgan fingerprint density at radius 3 is 2.43 bits per heavy atom. The summed E-state index contributed by atoms with van der Waals surface area (Å²) in [5, 5.41) is 0.436. The lowest BCUT2D eigenvalue weighted by molar-refractivity contribution is 0.120. The zero-order valence-corrected chi connectivity index (χ0v) is 8.47. The lowest BCUT2D eigenvalue weighted by Crippen LogP contribution is -2.04. The summed E-state index contributed by atoms with van der Waals surface area (Å²) in [5.41, 5.74) is 0.721. The first kappa shape index (κ1) is 11.4. The quantitative estimate of drug-likeness (QED) is 0.788. The SMILES string of the molecule is COCc1cc(Cl)cc(CON)c1F. The minimum atomic E-state index is -0.387. The van der Waals surface area contributed by atoms with Crippen LogP contribution in [0.5, 0.6) is 0 Å². The van der Waals surface area contributed by atoms with Gasteiger partial charge in [0.2, 0.25) is 0 Å². The lowest BCUT2D eigenvalue weighted by Gasteiger charge is -2.07. The van der Waals surface area contributed by atoms with Crippen LogP contribution >= 0.6 is 11.6 Å². The Balaban J connectivity index is 3.04. The first-order valence-corrected chi connectivity index (χ1v) is 4.34. The van der Waals surface area contributed by atoms with Crippen LogP contribution in [0.2, 0.25) is 5.02 Å². The number of halogens is 2. The van der Waals surface area contributed by atoms with Gasteiger partial charge < -0.3 is 4.74 Å². The van der Waals surface area contributed by atoms with E-state index in [0.29, 0.717) is 16.1 Å². The molecule has 1 rings (SSSR count). The fourth-order valence-electron chi connectivity index (χ4n) is 1.16. The second kappa shape index (κ2) is 5.26. The molecule has 0 aromatic heterocycles. The van der Waals surface area contributed by atoms with Gasteiger partial charge in [0, 0.05) is 23.3 Å². The Kier molecular flexibility index (Phi) is 4.28. The van der Waals surface area contributed by atoms with Gasteiger partial charge in [-0.15, -0.1) is 0 Å². The van der Waals surface area contributed by atoms with Crippen molar-refractivity contribution >= 4 is 11.6 Å². The van der Waals surface area contributed by atoms with Crippen LogP contribution in [0.15, 0.2) is 12.1 Å². The molecule has 0 aliphatic rings. The molecule has 0 amide bonds. The summed E-state index contributed by atoms with van der Waals surface area (Å²) in [6.45, 7) is 0.160. The Labute approximate surface area is 86.5 Å². The molecular weight excluding hydrogens is 209 g/mol. The van der Waals surface area contributed by atoms with Gasteiger partial charge in [0.15, 0.2) is 0 Å². The van der Waals surface area contributed by atoms with Crippen LogP contribution in [0.3, 0.4) is 0 Å². The second-order valence-corrected chi connectivity index (χ2v) is 3.22. The van der Waals surface area contributed by atoms with E-state index in [9.17, 15) is 4.39 Å². The van der Waals surface area contributed by atoms with Crippen LogP contribution in [0.25, 0.3) is 0 Å². The van der Waals surface area contributed by atoms with Crippen molar-refractivity contribution in [3.8, 4) is 0 Å². The number of nitrogens with two attached hydrogens (primary N) is 1. The van der Waals surface area contributed by atoms with E-state index in [1.807, 2.05) is 0 Å². The predicted molar refractivity (Wildman–Crippen MR) is 51.1 cm³/mol. The van der Waals surface area contributed by atoms with E-state index in [4.69, 9.17) is 22.2 Å². The van der Waals surface area contributed by atoms with Crippen LogP contribution < -0.4 is 5.90 Å². The maximum absolute atomic E-state index is 13.6. The zero-order valence-electron chi connectivity index (χ0n) is 7.72. The number of hydrogen-bond donors (Lipinski definition) is 1. The molecule has 0 atom stereocenters. The van der Waals surface area contributed by atoms with E-state index < -0.39 is 0 Å². The smallest absolute Gasteiger partial charge is 0.134 e. The van der Waals surface area contributed by atoms with Crippen molar-refractivity contribution in [3.05, 3.63) is 34.1 Å². The Morgan fingerprint density at radius 1 is 1.36 bits per heavy atom. The third-order valence-electron chi connectivity index (χ3n) is 1.73. The average molecular weight is 220 g/mol. The molecular formula is C9H11ClFNO2. The molecule has 0 saturated heterocycles. The third-order valence-corrected chi connectivity index (χ3v) is 1.94. The molecule has 1 aromatic rings. The van der Waals surface area contributed by atoms with Gasteiger partial charge in [-0.05, 0) is 12.1 Å². The molecule has 14 heavy (non-hydrogen) atoms. The van der Waals surface area contributed by atoms with Crippen LogP contribution in [0, 0.1) is 5.82 Å². The molecule has 0 bridgehead atoms. The topological polar surface area (TPSA) is 44.5 Å². The van der Waals surface area contributed by atoms with Crippen LogP contribution in [-0.4, -0.2) is 7.11 Å². The van der Waals surface area contributed by atoms with Crippen LogP contribution in [-0.2, 0) is 22.8 Å². The van der Waals surface area contributed by atoms with Crippen molar-refractivity contribution in [1.29, 1.82) is 0 Å². The normalized spacial score (nSPS) is 10.6. The summed E-state index contributed by atoms with van der Waals surface area (Å²) in [6, 6.07) is 2.99. The molecule has 0 aliphatic carbocycles. The van der Waals surface area contributed by atoms with Crippen LogP contribution in [0.1, 0.15) is 11.1 Å². The largest absolute Gasteiger partial charge is 0.380 e. The van der Waals surface area contributed by atoms with Gasteiger partial charge in [-0.1, -0.05) is 11.6 Å². The number of hydrogen-bond acceptors (Lipinski definition) is 3. The lowest BCUT2D eigenvalue weighted by atomic mass is 10.1. The number of benzene rings is 1. The van der Waals surface area contributed by atoms with E-state index >= 15 is 0 Å². The fraction of sp³-hybridized carbons (Fsp3) is 0.333. The molecule has 0 spiro atoms. The number of rotatable bonds is 4. The molecule has 78 valence electrons. The average Bonchev–Trinajstić information content (AvgIpc) is 2.14. The van der Waals surface area contributed by atoms with E-state index in [1.165, 1.54) is 19.2 Å². The minimum absolute atomic E-state index is 0.0108. The van der Waals surface area contributed by atoms with Gasteiger partial charge >= 0.3 is 0 Å². The first-order chi connectivity index (χ1) is 6.69. The maximum Gasteiger partial charge on any atom is 0.134 e. The third kappa shape index (κ3) is 2.65. The van der Waals surface area contributed by atoms with Gasteiger partial charge in [0.05, 0.1) is 13.2 Å². The van der Waals surface area contributed by atoms with E-state index in [0.717, 1.165) is 0 Å². The highest BCUT2D eigenvalue weighted by molar-refractivity contribution is 6.30. The summed E-state index contributed by atoms with van der Waals surface area (Å²) >= 11 is 5.77. The summed E-state index contributed by atoms with van der Waals surface area (Å²) in [6.07, 6.45) is 0. The van der Waals surface area contributed by atoms with Gasteiger partial charge in [-0.2, -0.15) is 0 Å². The Hall–Kier alpha value is -0.680. The predicted octanol–water partition coefficient (Wildman–Crippen LogP) is 2.02. The molecule has 0 fully saturated rings. The maximum atomic E-state index is 13.6. The molecule has 1 aromatic carbocycles. The summed E-state index contributed by atoms with van der Waals surface area (Å²) in [4.78, 5) is 4.36. The van der Waals surface area contributed by atoms with Gasteiger partial charge in [-0.3, -0.25) is 4.84 Å². The van der Waals surface area contributed by atoms with Gasteiger partial charge in [0.1, 0.15) is 5.82 Å². The molecule has 0 aliphatic heterocycles. The van der Waals surface area contributed by atoms with Crippen molar-refractivity contribution in [2.24, 2.45) is 5.90 Å². The standard InChI is InChI=1S/C9H11ClFNO2/c1-13-4-6-2-8(10)3-7(5-14-12)9(6)11/h2-3H,4-5,12H2,1H3. The molecule has 5 heteroatoms. The van der Waals surface area contributed by atoms with E-state index in [2.05, 4.69) is 4.84 Å². The van der Waals surface area contributed by atoms with E-state index in [1.54, 1.807) is 0 Å². The fourth-order valence-corrected chi connectivity index (χ4v) is 1.43. The molecule has 0 unspecified atom stereocenters. The van der Waals surface area contributed by atoms with Crippen molar-refractivity contribution in [1.82, 2.24) is 0 Å². The highest BCUT2D eigenvalue weighted by Crippen LogP contribution is 2.20. The molecule has 0 heterocycles. The van der Waals surface area contributed by atoms with E-state index in [-0.39, 0.29) is 19.0 Å². The summed E-state index contributed by atoms with van der Waals surface area (Å²) in [5.74, 6) is 4.48.